The van der Waals surface area contributed by atoms with Crippen molar-refractivity contribution in [3.05, 3.63) is 70.1 Å². The summed E-state index contributed by atoms with van der Waals surface area (Å²) in [6, 6.07) is 12.3. The van der Waals surface area contributed by atoms with Crippen molar-refractivity contribution in [3.63, 3.8) is 0 Å². The summed E-state index contributed by atoms with van der Waals surface area (Å²) >= 11 is 5.73. The Kier molecular flexibility index (Phi) is 3.40. The largest absolute Gasteiger partial charge is 0.618 e. The van der Waals surface area contributed by atoms with Crippen LogP contribution in [0.2, 0.25) is 5.02 Å². The van der Waals surface area contributed by atoms with Crippen molar-refractivity contribution in [1.29, 1.82) is 0 Å². The first-order chi connectivity index (χ1) is 8.15. The van der Waals surface area contributed by atoms with E-state index in [1.165, 1.54) is 24.4 Å². The van der Waals surface area contributed by atoms with Crippen LogP contribution in [-0.4, -0.2) is 11.0 Å². The number of benzene rings is 2. The Balaban J connectivity index is 2.30. The van der Waals surface area contributed by atoms with Gasteiger partial charge >= 0.3 is 0 Å². The predicted octanol–water partition coefficient (Wildman–Crippen LogP) is 3.74. The molecule has 0 aliphatic carbocycles. The first kappa shape index (κ1) is 11.6. The van der Waals surface area contributed by atoms with Gasteiger partial charge in [0.15, 0.2) is 6.21 Å². The molecule has 2 aromatic rings. The van der Waals surface area contributed by atoms with Crippen molar-refractivity contribution in [2.45, 2.75) is 0 Å². The van der Waals surface area contributed by atoms with E-state index in [4.69, 9.17) is 11.6 Å². The molecule has 86 valence electrons. The van der Waals surface area contributed by atoms with E-state index in [1.54, 1.807) is 30.3 Å². The van der Waals surface area contributed by atoms with Crippen molar-refractivity contribution < 1.29 is 9.13 Å². The number of halogens is 2. The quantitative estimate of drug-likeness (QED) is 0.345. The van der Waals surface area contributed by atoms with Gasteiger partial charge in [-0.25, -0.2) is 4.39 Å². The van der Waals surface area contributed by atoms with Crippen molar-refractivity contribution in [3.8, 4) is 0 Å². The molecule has 0 fully saturated rings. The molecular formula is C13H9ClFNO. The zero-order chi connectivity index (χ0) is 12.3. The lowest BCUT2D eigenvalue weighted by Gasteiger charge is -2.02. The molecule has 2 aromatic carbocycles. The minimum absolute atomic E-state index is 0.250. The highest BCUT2D eigenvalue weighted by molar-refractivity contribution is 6.30. The van der Waals surface area contributed by atoms with Gasteiger partial charge in [0, 0.05) is 22.7 Å². The van der Waals surface area contributed by atoms with Gasteiger partial charge in [-0.3, -0.25) is 0 Å². The molecule has 17 heavy (non-hydrogen) atoms. The average molecular weight is 250 g/mol. The van der Waals surface area contributed by atoms with E-state index in [9.17, 15) is 9.60 Å². The summed E-state index contributed by atoms with van der Waals surface area (Å²) in [7, 11) is 0. The summed E-state index contributed by atoms with van der Waals surface area (Å²) in [6.45, 7) is 0. The van der Waals surface area contributed by atoms with Crippen LogP contribution in [0.15, 0.2) is 48.5 Å². The maximum absolute atomic E-state index is 12.9. The monoisotopic (exact) mass is 249 g/mol. The van der Waals surface area contributed by atoms with Gasteiger partial charge in [-0.2, -0.15) is 4.74 Å². The van der Waals surface area contributed by atoms with Crippen molar-refractivity contribution in [2.24, 2.45) is 0 Å². The Morgan fingerprint density at radius 3 is 2.47 bits per heavy atom. The van der Waals surface area contributed by atoms with Crippen LogP contribution in [0.3, 0.4) is 0 Å². The summed E-state index contributed by atoms with van der Waals surface area (Å²) in [4.78, 5) is 0. The highest BCUT2D eigenvalue weighted by atomic mass is 35.5. The predicted molar refractivity (Wildman–Crippen MR) is 66.3 cm³/mol. The van der Waals surface area contributed by atoms with E-state index in [0.29, 0.717) is 15.3 Å². The van der Waals surface area contributed by atoms with Gasteiger partial charge in [-0.1, -0.05) is 17.7 Å². The zero-order valence-electron chi connectivity index (χ0n) is 8.81. The minimum atomic E-state index is -0.437. The molecule has 4 heteroatoms. The van der Waals surface area contributed by atoms with Gasteiger partial charge in [0.25, 0.3) is 0 Å². The lowest BCUT2D eigenvalue weighted by molar-refractivity contribution is -0.354. The second-order valence-corrected chi connectivity index (χ2v) is 3.92. The Morgan fingerprint density at radius 1 is 1.12 bits per heavy atom. The van der Waals surface area contributed by atoms with Crippen molar-refractivity contribution >= 4 is 23.5 Å². The third-order valence-electron chi connectivity index (χ3n) is 2.20. The summed E-state index contributed by atoms with van der Waals surface area (Å²) in [5, 5.41) is 12.3. The summed E-state index contributed by atoms with van der Waals surface area (Å²) in [6.07, 6.45) is 1.37. The van der Waals surface area contributed by atoms with Crippen LogP contribution in [0.5, 0.6) is 0 Å². The van der Waals surface area contributed by atoms with E-state index >= 15 is 0 Å². The normalized spacial score (nSPS) is 11.5. The molecule has 0 heterocycles. The number of hydrogen-bond acceptors (Lipinski definition) is 1. The fraction of sp³-hybridized carbons (Fsp3) is 0. The lowest BCUT2D eigenvalue weighted by atomic mass is 10.2. The fourth-order valence-corrected chi connectivity index (χ4v) is 1.50. The molecule has 0 aromatic heterocycles. The molecule has 2 rings (SSSR count). The van der Waals surface area contributed by atoms with Crippen LogP contribution in [0.1, 0.15) is 5.56 Å². The molecule has 0 saturated carbocycles. The van der Waals surface area contributed by atoms with Gasteiger partial charge in [-0.05, 0) is 30.3 Å². The van der Waals surface area contributed by atoms with Gasteiger partial charge in [0.2, 0.25) is 5.69 Å². The number of rotatable bonds is 2. The molecule has 2 nitrogen and oxygen atoms in total. The summed E-state index contributed by atoms with van der Waals surface area (Å²) < 4.78 is 13.5. The second-order valence-electron chi connectivity index (χ2n) is 3.49. The standard InChI is InChI=1S/C13H9ClFNO/c14-11-6-4-10(5-7-11)9-16(17)13-3-1-2-12(15)8-13/h1-9H/b16-9-. The smallest absolute Gasteiger partial charge is 0.219 e. The summed E-state index contributed by atoms with van der Waals surface area (Å²) in [5.41, 5.74) is 0.952. The maximum Gasteiger partial charge on any atom is 0.219 e. The lowest BCUT2D eigenvalue weighted by Crippen LogP contribution is -1.98. The SMILES string of the molecule is [O-]/[N+](=C\c1ccc(Cl)cc1)c1cccc(F)c1. The van der Waals surface area contributed by atoms with Crippen LogP contribution in [0, 0.1) is 11.0 Å². The topological polar surface area (TPSA) is 26.1 Å². The summed E-state index contributed by atoms with van der Waals surface area (Å²) in [5.74, 6) is -0.437. The van der Waals surface area contributed by atoms with E-state index in [-0.39, 0.29) is 5.69 Å². The molecule has 0 amide bonds. The van der Waals surface area contributed by atoms with Gasteiger partial charge < -0.3 is 5.21 Å². The Hall–Kier alpha value is -1.87. The van der Waals surface area contributed by atoms with Gasteiger partial charge in [0.1, 0.15) is 5.82 Å². The molecule has 0 N–H and O–H groups in total. The van der Waals surface area contributed by atoms with Gasteiger partial charge in [-0.15, -0.1) is 0 Å². The molecule has 0 aliphatic rings. The molecule has 0 radical (unpaired) electrons. The molecule has 0 spiro atoms. The van der Waals surface area contributed by atoms with Crippen LogP contribution in [0.25, 0.3) is 0 Å². The van der Waals surface area contributed by atoms with Crippen LogP contribution >= 0.6 is 11.6 Å². The maximum atomic E-state index is 12.9. The Labute approximate surface area is 103 Å². The third kappa shape index (κ3) is 3.04. The number of hydrogen-bond donors (Lipinski definition) is 0. The number of nitrogens with zero attached hydrogens (tertiary/aromatic N) is 1. The van der Waals surface area contributed by atoms with Gasteiger partial charge in [0.05, 0.1) is 0 Å². The highest BCUT2D eigenvalue weighted by Gasteiger charge is 2.03. The molecule has 0 bridgehead atoms. The minimum Gasteiger partial charge on any atom is -0.618 e. The molecular weight excluding hydrogens is 241 g/mol. The molecule has 0 saturated heterocycles. The fourth-order valence-electron chi connectivity index (χ4n) is 1.37. The van der Waals surface area contributed by atoms with Crippen molar-refractivity contribution in [1.82, 2.24) is 0 Å². The van der Waals surface area contributed by atoms with E-state index in [2.05, 4.69) is 0 Å². The highest BCUT2D eigenvalue weighted by Crippen LogP contribution is 2.13. The van der Waals surface area contributed by atoms with Crippen molar-refractivity contribution in [2.75, 3.05) is 0 Å². The first-order valence-corrected chi connectivity index (χ1v) is 5.35. The van der Waals surface area contributed by atoms with E-state index in [1.807, 2.05) is 0 Å². The molecule has 0 unspecified atom stereocenters. The average Bonchev–Trinajstić information content (AvgIpc) is 2.32. The Morgan fingerprint density at radius 2 is 1.82 bits per heavy atom. The molecule has 0 aliphatic heterocycles. The van der Waals surface area contributed by atoms with Crippen LogP contribution in [0.4, 0.5) is 10.1 Å². The van der Waals surface area contributed by atoms with E-state index in [0.717, 1.165) is 0 Å². The van der Waals surface area contributed by atoms with Crippen LogP contribution < -0.4 is 0 Å². The third-order valence-corrected chi connectivity index (χ3v) is 2.45. The zero-order valence-corrected chi connectivity index (χ0v) is 9.56. The second kappa shape index (κ2) is 4.97. The first-order valence-electron chi connectivity index (χ1n) is 4.97. The molecule has 0 atom stereocenters. The van der Waals surface area contributed by atoms with E-state index < -0.39 is 5.82 Å². The Bertz CT molecular complexity index is 552. The van der Waals surface area contributed by atoms with Crippen LogP contribution in [-0.2, 0) is 0 Å².